The molecule has 2 heterocycles. The molecule has 0 spiro atoms. The van der Waals surface area contributed by atoms with Gasteiger partial charge in [-0.2, -0.15) is 4.98 Å². The van der Waals surface area contributed by atoms with Crippen molar-refractivity contribution in [3.63, 3.8) is 0 Å². The van der Waals surface area contributed by atoms with Gasteiger partial charge < -0.3 is 14.8 Å². The van der Waals surface area contributed by atoms with Crippen LogP contribution in [0.5, 0.6) is 0 Å². The van der Waals surface area contributed by atoms with Gasteiger partial charge in [0.15, 0.2) is 6.33 Å². The number of nitrogens with one attached hydrogen (secondary N) is 2. The van der Waals surface area contributed by atoms with Crippen molar-refractivity contribution in [1.29, 1.82) is 0 Å². The van der Waals surface area contributed by atoms with E-state index in [0.29, 0.717) is 11.9 Å². The Labute approximate surface area is 110 Å². The lowest BCUT2D eigenvalue weighted by atomic mass is 9.91. The van der Waals surface area contributed by atoms with E-state index in [1.54, 1.807) is 6.07 Å². The van der Waals surface area contributed by atoms with Crippen molar-refractivity contribution in [1.82, 2.24) is 20.4 Å². The van der Waals surface area contributed by atoms with Crippen molar-refractivity contribution in [2.75, 3.05) is 6.54 Å². The van der Waals surface area contributed by atoms with Crippen LogP contribution in [0.25, 0.3) is 0 Å². The lowest BCUT2D eigenvalue weighted by molar-refractivity contribution is 0.367. The number of H-pyrrole nitrogens is 1. The van der Waals surface area contributed by atoms with E-state index in [2.05, 4.69) is 20.4 Å². The summed E-state index contributed by atoms with van der Waals surface area (Å²) in [4.78, 5) is 18.2. The number of aryl methyl sites for hydroxylation is 1. The third-order valence-electron chi connectivity index (χ3n) is 3.47. The maximum atomic E-state index is 11.3. The van der Waals surface area contributed by atoms with Crippen molar-refractivity contribution in [3.8, 4) is 0 Å². The molecule has 19 heavy (non-hydrogen) atoms. The summed E-state index contributed by atoms with van der Waals surface area (Å²) < 4.78 is 4.96. The molecule has 0 radical (unpaired) electrons. The first kappa shape index (κ1) is 12.1. The minimum Gasteiger partial charge on any atom is -0.340 e. The number of aromatic nitrogens is 3. The molecule has 1 aliphatic carbocycles. The molecule has 1 unspecified atom stereocenters. The molecule has 0 bridgehead atoms. The zero-order chi connectivity index (χ0) is 13.1. The molecular weight excluding hydrogens is 244 g/mol. The Morgan fingerprint density at radius 1 is 1.47 bits per heavy atom. The Balaban J connectivity index is 1.65. The van der Waals surface area contributed by atoms with Gasteiger partial charge >= 0.3 is 0 Å². The van der Waals surface area contributed by atoms with Crippen LogP contribution in [0.15, 0.2) is 27.8 Å². The van der Waals surface area contributed by atoms with E-state index >= 15 is 0 Å². The second kappa shape index (κ2) is 5.36. The number of aromatic amines is 1. The van der Waals surface area contributed by atoms with Crippen LogP contribution in [0.2, 0.25) is 0 Å². The van der Waals surface area contributed by atoms with Gasteiger partial charge in [-0.05, 0) is 24.8 Å². The molecule has 1 atom stereocenters. The first-order chi connectivity index (χ1) is 9.33. The van der Waals surface area contributed by atoms with Gasteiger partial charge in [0, 0.05) is 30.8 Å². The lowest BCUT2D eigenvalue weighted by Crippen LogP contribution is -2.28. The summed E-state index contributed by atoms with van der Waals surface area (Å²) in [5, 5.41) is 7.07. The summed E-state index contributed by atoms with van der Waals surface area (Å²) in [5.41, 5.74) is 2.25. The van der Waals surface area contributed by atoms with Crippen molar-refractivity contribution in [2.45, 2.75) is 31.7 Å². The number of pyridine rings is 1. The highest BCUT2D eigenvalue weighted by Gasteiger charge is 2.20. The Hall–Kier alpha value is -1.95. The maximum absolute atomic E-state index is 11.3. The summed E-state index contributed by atoms with van der Waals surface area (Å²) in [6, 6.07) is 3.82. The molecule has 6 heteroatoms. The van der Waals surface area contributed by atoms with Crippen LogP contribution in [0.1, 0.15) is 36.0 Å². The van der Waals surface area contributed by atoms with Gasteiger partial charge in [-0.15, -0.1) is 0 Å². The molecule has 0 saturated carbocycles. The number of hydrogen-bond donors (Lipinski definition) is 2. The number of rotatable bonds is 4. The molecule has 2 aromatic heterocycles. The van der Waals surface area contributed by atoms with E-state index in [1.165, 1.54) is 11.9 Å². The highest BCUT2D eigenvalue weighted by Crippen LogP contribution is 2.27. The molecule has 100 valence electrons. The molecular formula is C13H16N4O2. The van der Waals surface area contributed by atoms with Gasteiger partial charge in [0.25, 0.3) is 0 Å². The van der Waals surface area contributed by atoms with E-state index in [9.17, 15) is 4.79 Å². The summed E-state index contributed by atoms with van der Waals surface area (Å²) in [5.74, 6) is 0.644. The Bertz CT molecular complexity index is 591. The smallest absolute Gasteiger partial charge is 0.248 e. The largest absolute Gasteiger partial charge is 0.340 e. The number of hydrogen-bond acceptors (Lipinski definition) is 5. The number of fused-ring (bicyclic) bond motifs is 1. The fourth-order valence-corrected chi connectivity index (χ4v) is 2.57. The predicted molar refractivity (Wildman–Crippen MR) is 68.7 cm³/mol. The SMILES string of the molecule is O=c1ccc2c([nH]1)CCCC2NCCc1ncno1. The molecule has 3 rings (SSSR count). The maximum Gasteiger partial charge on any atom is 0.248 e. The van der Waals surface area contributed by atoms with Crippen LogP contribution in [0, 0.1) is 0 Å². The topological polar surface area (TPSA) is 83.8 Å². The van der Waals surface area contributed by atoms with Crippen LogP contribution in [-0.2, 0) is 12.8 Å². The Morgan fingerprint density at radius 3 is 3.26 bits per heavy atom. The summed E-state index contributed by atoms with van der Waals surface area (Å²) in [6.07, 6.45) is 5.26. The molecule has 2 N–H and O–H groups in total. The molecule has 0 saturated heterocycles. The van der Waals surface area contributed by atoms with Gasteiger partial charge in [-0.25, -0.2) is 0 Å². The van der Waals surface area contributed by atoms with Gasteiger partial charge in [-0.1, -0.05) is 11.2 Å². The van der Waals surface area contributed by atoms with Crippen LogP contribution in [-0.4, -0.2) is 21.7 Å². The van der Waals surface area contributed by atoms with E-state index in [0.717, 1.165) is 37.9 Å². The van der Waals surface area contributed by atoms with E-state index < -0.39 is 0 Å². The average Bonchev–Trinajstić information content (AvgIpc) is 2.92. The minimum atomic E-state index is -0.0229. The zero-order valence-corrected chi connectivity index (χ0v) is 10.6. The lowest BCUT2D eigenvalue weighted by Gasteiger charge is -2.25. The third kappa shape index (κ3) is 2.73. The Morgan fingerprint density at radius 2 is 2.42 bits per heavy atom. The highest BCUT2D eigenvalue weighted by atomic mass is 16.5. The normalized spacial score (nSPS) is 18.2. The van der Waals surface area contributed by atoms with Crippen molar-refractivity contribution in [2.24, 2.45) is 0 Å². The zero-order valence-electron chi connectivity index (χ0n) is 10.6. The quantitative estimate of drug-likeness (QED) is 0.855. The first-order valence-electron chi connectivity index (χ1n) is 6.54. The molecule has 0 aromatic carbocycles. The molecule has 0 aliphatic heterocycles. The summed E-state index contributed by atoms with van der Waals surface area (Å²) in [7, 11) is 0. The molecule has 2 aromatic rings. The highest BCUT2D eigenvalue weighted by molar-refractivity contribution is 5.26. The second-order valence-corrected chi connectivity index (χ2v) is 4.74. The number of nitrogens with zero attached hydrogens (tertiary/aromatic N) is 2. The molecule has 1 aliphatic rings. The van der Waals surface area contributed by atoms with E-state index in [1.807, 2.05) is 6.07 Å². The second-order valence-electron chi connectivity index (χ2n) is 4.74. The fourth-order valence-electron chi connectivity index (χ4n) is 2.57. The predicted octanol–water partition coefficient (Wildman–Crippen LogP) is 0.968. The van der Waals surface area contributed by atoms with Gasteiger partial charge in [0.05, 0.1) is 0 Å². The monoisotopic (exact) mass is 260 g/mol. The first-order valence-corrected chi connectivity index (χ1v) is 6.54. The molecule has 0 amide bonds. The van der Waals surface area contributed by atoms with E-state index in [-0.39, 0.29) is 5.56 Å². The van der Waals surface area contributed by atoms with Crippen LogP contribution >= 0.6 is 0 Å². The third-order valence-corrected chi connectivity index (χ3v) is 3.47. The van der Waals surface area contributed by atoms with Crippen LogP contribution in [0.4, 0.5) is 0 Å². The summed E-state index contributed by atoms with van der Waals surface area (Å²) >= 11 is 0. The van der Waals surface area contributed by atoms with Crippen molar-refractivity contribution < 1.29 is 4.52 Å². The van der Waals surface area contributed by atoms with Crippen LogP contribution in [0.3, 0.4) is 0 Å². The standard InChI is InChI=1S/C13H16N4O2/c18-12-5-4-9-10(2-1-3-11(9)17-12)14-7-6-13-15-8-16-19-13/h4-5,8,10,14H,1-3,6-7H2,(H,17,18). The van der Waals surface area contributed by atoms with Crippen molar-refractivity contribution in [3.05, 3.63) is 46.0 Å². The average molecular weight is 260 g/mol. The Kier molecular flexibility index (Phi) is 3.41. The fraction of sp³-hybridized carbons (Fsp3) is 0.462. The van der Waals surface area contributed by atoms with Gasteiger partial charge in [0.1, 0.15) is 0 Å². The van der Waals surface area contributed by atoms with Crippen LogP contribution < -0.4 is 10.9 Å². The van der Waals surface area contributed by atoms with Gasteiger partial charge in [0.2, 0.25) is 11.4 Å². The van der Waals surface area contributed by atoms with E-state index in [4.69, 9.17) is 4.52 Å². The van der Waals surface area contributed by atoms with Gasteiger partial charge in [-0.3, -0.25) is 4.79 Å². The molecule has 0 fully saturated rings. The minimum absolute atomic E-state index is 0.0229. The summed E-state index contributed by atoms with van der Waals surface area (Å²) in [6.45, 7) is 0.783. The van der Waals surface area contributed by atoms with Crippen molar-refractivity contribution >= 4 is 0 Å². The molecule has 6 nitrogen and oxygen atoms in total.